The molecule has 0 bridgehead atoms. The zero-order chi connectivity index (χ0) is 15.7. The summed E-state index contributed by atoms with van der Waals surface area (Å²) < 4.78 is 0. The number of nitrogens with zero attached hydrogens (tertiary/aromatic N) is 1. The lowest BCUT2D eigenvalue weighted by Gasteiger charge is -2.23. The Labute approximate surface area is 128 Å². The van der Waals surface area contributed by atoms with Crippen LogP contribution in [0.5, 0.6) is 0 Å². The number of amides is 1. The van der Waals surface area contributed by atoms with Gasteiger partial charge in [-0.1, -0.05) is 38.5 Å². The van der Waals surface area contributed by atoms with E-state index in [0.717, 1.165) is 25.9 Å². The highest BCUT2D eigenvalue weighted by Gasteiger charge is 2.18. The molecule has 0 saturated carbocycles. The molecule has 0 unspecified atom stereocenters. The fourth-order valence-electron chi connectivity index (χ4n) is 2.22. The summed E-state index contributed by atoms with van der Waals surface area (Å²) in [7, 11) is 0. The lowest BCUT2D eigenvalue weighted by molar-refractivity contribution is -0.123. The Morgan fingerprint density at radius 3 is 2.52 bits per heavy atom. The van der Waals surface area contributed by atoms with Gasteiger partial charge in [-0.3, -0.25) is 4.79 Å². The van der Waals surface area contributed by atoms with Gasteiger partial charge in [-0.05, 0) is 31.4 Å². The van der Waals surface area contributed by atoms with E-state index in [1.54, 1.807) is 0 Å². The van der Waals surface area contributed by atoms with E-state index in [2.05, 4.69) is 36.2 Å². The lowest BCUT2D eigenvalue weighted by atomic mass is 9.99. The molecule has 0 aliphatic heterocycles. The van der Waals surface area contributed by atoms with Crippen LogP contribution >= 0.6 is 0 Å². The first-order valence-corrected chi connectivity index (χ1v) is 7.93. The van der Waals surface area contributed by atoms with E-state index in [9.17, 15) is 4.79 Å². The molecule has 0 aromatic heterocycles. The summed E-state index contributed by atoms with van der Waals surface area (Å²) in [6.45, 7) is 8.77. The number of para-hydroxylation sites is 1. The number of carbonyl (C=O) groups excluding carboxylic acids is 1. The summed E-state index contributed by atoms with van der Waals surface area (Å²) in [5.74, 6) is 0.188. The van der Waals surface area contributed by atoms with Crippen molar-refractivity contribution in [3.8, 4) is 0 Å². The predicted molar refractivity (Wildman–Crippen MR) is 89.4 cm³/mol. The summed E-state index contributed by atoms with van der Waals surface area (Å²) in [4.78, 5) is 14.2. The van der Waals surface area contributed by atoms with Crippen LogP contribution in [0.3, 0.4) is 0 Å². The van der Waals surface area contributed by atoms with Crippen LogP contribution < -0.4 is 16.0 Å². The lowest BCUT2D eigenvalue weighted by Crippen LogP contribution is -2.45. The maximum Gasteiger partial charge on any atom is 0.237 e. The number of rotatable bonds is 9. The van der Waals surface area contributed by atoms with Crippen molar-refractivity contribution in [2.45, 2.75) is 39.7 Å². The Kier molecular flexibility index (Phi) is 7.83. The van der Waals surface area contributed by atoms with Gasteiger partial charge >= 0.3 is 0 Å². The first-order chi connectivity index (χ1) is 10.1. The van der Waals surface area contributed by atoms with Gasteiger partial charge in [0.2, 0.25) is 5.91 Å². The number of hydrogen-bond acceptors (Lipinski definition) is 3. The average molecular weight is 291 g/mol. The third-order valence-electron chi connectivity index (χ3n) is 3.97. The van der Waals surface area contributed by atoms with Crippen molar-refractivity contribution in [2.75, 3.05) is 24.5 Å². The van der Waals surface area contributed by atoms with Crippen LogP contribution in [0.25, 0.3) is 0 Å². The third-order valence-corrected chi connectivity index (χ3v) is 3.97. The number of anilines is 1. The first-order valence-electron chi connectivity index (χ1n) is 7.93. The number of nitrogens with one attached hydrogen (secondary N) is 1. The maximum atomic E-state index is 11.9. The number of benzene rings is 1. The van der Waals surface area contributed by atoms with Gasteiger partial charge < -0.3 is 16.0 Å². The summed E-state index contributed by atoms with van der Waals surface area (Å²) in [5.41, 5.74) is 7.13. The smallest absolute Gasteiger partial charge is 0.237 e. The molecule has 4 nitrogen and oxygen atoms in total. The fraction of sp³-hybridized carbons (Fsp3) is 0.588. The largest absolute Gasteiger partial charge is 0.372 e. The zero-order valence-electron chi connectivity index (χ0n) is 13.5. The fourth-order valence-corrected chi connectivity index (χ4v) is 2.22. The van der Waals surface area contributed by atoms with Gasteiger partial charge in [-0.2, -0.15) is 0 Å². The second-order valence-corrected chi connectivity index (χ2v) is 5.47. The van der Waals surface area contributed by atoms with E-state index in [0.29, 0.717) is 6.54 Å². The highest BCUT2D eigenvalue weighted by Crippen LogP contribution is 2.12. The summed E-state index contributed by atoms with van der Waals surface area (Å²) in [5, 5.41) is 2.94. The molecule has 0 fully saturated rings. The van der Waals surface area contributed by atoms with Gasteiger partial charge in [0.25, 0.3) is 0 Å². The molecular weight excluding hydrogens is 262 g/mol. The van der Waals surface area contributed by atoms with Crippen molar-refractivity contribution >= 4 is 11.6 Å². The molecule has 0 radical (unpaired) electrons. The molecule has 3 N–H and O–H groups in total. The molecule has 118 valence electrons. The molecule has 0 aliphatic rings. The molecular formula is C17H29N3O. The topological polar surface area (TPSA) is 58.4 Å². The maximum absolute atomic E-state index is 11.9. The average Bonchev–Trinajstić information content (AvgIpc) is 2.54. The van der Waals surface area contributed by atoms with E-state index in [-0.39, 0.29) is 11.8 Å². The summed E-state index contributed by atoms with van der Waals surface area (Å²) in [6.07, 6.45) is 1.84. The molecule has 0 saturated heterocycles. The highest BCUT2D eigenvalue weighted by molar-refractivity contribution is 5.81. The molecule has 4 heteroatoms. The van der Waals surface area contributed by atoms with Crippen molar-refractivity contribution in [2.24, 2.45) is 11.7 Å². The number of hydrogen-bond donors (Lipinski definition) is 2. The Hall–Kier alpha value is -1.55. The quantitative estimate of drug-likeness (QED) is 0.687. The molecule has 0 spiro atoms. The predicted octanol–water partition coefficient (Wildman–Crippen LogP) is 2.39. The second-order valence-electron chi connectivity index (χ2n) is 5.47. The summed E-state index contributed by atoms with van der Waals surface area (Å²) in [6, 6.07) is 9.94. The van der Waals surface area contributed by atoms with Crippen molar-refractivity contribution < 1.29 is 4.79 Å². The van der Waals surface area contributed by atoms with Gasteiger partial charge in [0.15, 0.2) is 0 Å². The van der Waals surface area contributed by atoms with Crippen LogP contribution in [0.2, 0.25) is 0 Å². The third kappa shape index (κ3) is 5.76. The van der Waals surface area contributed by atoms with Crippen LogP contribution in [0, 0.1) is 5.92 Å². The van der Waals surface area contributed by atoms with Crippen LogP contribution in [-0.2, 0) is 4.79 Å². The Morgan fingerprint density at radius 1 is 1.29 bits per heavy atom. The van der Waals surface area contributed by atoms with Gasteiger partial charge in [-0.25, -0.2) is 0 Å². The minimum absolute atomic E-state index is 0.0351. The van der Waals surface area contributed by atoms with E-state index in [1.165, 1.54) is 5.69 Å². The van der Waals surface area contributed by atoms with Crippen LogP contribution in [0.4, 0.5) is 5.69 Å². The van der Waals surface area contributed by atoms with Gasteiger partial charge in [0.1, 0.15) is 0 Å². The Balaban J connectivity index is 2.31. The molecule has 1 aromatic rings. The minimum atomic E-state index is -0.397. The van der Waals surface area contributed by atoms with E-state index in [1.807, 2.05) is 25.1 Å². The van der Waals surface area contributed by atoms with Gasteiger partial charge in [-0.15, -0.1) is 0 Å². The van der Waals surface area contributed by atoms with Crippen molar-refractivity contribution in [3.05, 3.63) is 30.3 Å². The second kappa shape index (κ2) is 9.40. The molecule has 1 rings (SSSR count). The van der Waals surface area contributed by atoms with E-state index >= 15 is 0 Å². The van der Waals surface area contributed by atoms with E-state index < -0.39 is 6.04 Å². The minimum Gasteiger partial charge on any atom is -0.372 e. The first kappa shape index (κ1) is 17.5. The SMILES string of the molecule is CC[C@H](C)[C@H](N)C(=O)NCCCN(CC)c1ccccc1. The van der Waals surface area contributed by atoms with E-state index in [4.69, 9.17) is 5.73 Å². The molecule has 0 aliphatic carbocycles. The van der Waals surface area contributed by atoms with Gasteiger partial charge in [0.05, 0.1) is 6.04 Å². The molecule has 1 aromatic carbocycles. The van der Waals surface area contributed by atoms with Crippen molar-refractivity contribution in [1.82, 2.24) is 5.32 Å². The molecule has 21 heavy (non-hydrogen) atoms. The molecule has 0 heterocycles. The molecule has 1 amide bonds. The zero-order valence-corrected chi connectivity index (χ0v) is 13.5. The molecule has 2 atom stereocenters. The standard InChI is InChI=1S/C17H29N3O/c1-4-14(3)16(18)17(21)19-12-9-13-20(5-2)15-10-7-6-8-11-15/h6-8,10-11,14,16H,4-5,9,12-13,18H2,1-3H3,(H,19,21)/t14-,16-/m0/s1. The van der Waals surface area contributed by atoms with Crippen molar-refractivity contribution in [1.29, 1.82) is 0 Å². The summed E-state index contributed by atoms with van der Waals surface area (Å²) >= 11 is 0. The highest BCUT2D eigenvalue weighted by atomic mass is 16.2. The van der Waals surface area contributed by atoms with Crippen LogP contribution in [0.15, 0.2) is 30.3 Å². The van der Waals surface area contributed by atoms with Gasteiger partial charge in [0, 0.05) is 25.3 Å². The number of carbonyl (C=O) groups is 1. The normalized spacial score (nSPS) is 13.5. The van der Waals surface area contributed by atoms with Crippen LogP contribution in [0.1, 0.15) is 33.6 Å². The number of nitrogens with two attached hydrogens (primary N) is 1. The van der Waals surface area contributed by atoms with Crippen LogP contribution in [-0.4, -0.2) is 31.6 Å². The Morgan fingerprint density at radius 2 is 1.95 bits per heavy atom. The van der Waals surface area contributed by atoms with Crippen molar-refractivity contribution in [3.63, 3.8) is 0 Å². The monoisotopic (exact) mass is 291 g/mol. The Bertz CT molecular complexity index is 408.